The van der Waals surface area contributed by atoms with E-state index in [0.717, 1.165) is 12.2 Å². The smallest absolute Gasteiger partial charge is 0.137 e. The lowest BCUT2D eigenvalue weighted by Gasteiger charge is -2.21. The Bertz CT molecular complexity index is 392. The van der Waals surface area contributed by atoms with Crippen molar-refractivity contribution in [3.05, 3.63) is 11.6 Å². The fourth-order valence-corrected chi connectivity index (χ4v) is 3.56. The normalized spacial score (nSPS) is 30.2. The summed E-state index contributed by atoms with van der Waals surface area (Å²) < 4.78 is 2.39. The fraction of sp³-hybridized carbons (Fsp3) is 0.846. The molecule has 17 heavy (non-hydrogen) atoms. The lowest BCUT2D eigenvalue weighted by atomic mass is 10.0. The van der Waals surface area contributed by atoms with Crippen LogP contribution in [0.4, 0.5) is 0 Å². The van der Waals surface area contributed by atoms with Gasteiger partial charge in [-0.3, -0.25) is 0 Å². The Morgan fingerprint density at radius 1 is 1.06 bits per heavy atom. The van der Waals surface area contributed by atoms with Gasteiger partial charge >= 0.3 is 0 Å². The van der Waals surface area contributed by atoms with Crippen molar-refractivity contribution in [3.8, 4) is 0 Å². The molecule has 2 aliphatic rings. The summed E-state index contributed by atoms with van der Waals surface area (Å²) in [6.07, 6.45) is 8.83. The molecule has 2 fully saturated rings. The summed E-state index contributed by atoms with van der Waals surface area (Å²) in [5.41, 5.74) is 6.21. The van der Waals surface area contributed by atoms with Gasteiger partial charge in [0.15, 0.2) is 0 Å². The minimum absolute atomic E-state index is 0.291. The Balaban J connectivity index is 1.93. The average Bonchev–Trinajstić information content (AvgIpc) is 2.98. The van der Waals surface area contributed by atoms with Gasteiger partial charge in [0.25, 0.3) is 0 Å². The van der Waals surface area contributed by atoms with Crippen LogP contribution in [-0.4, -0.2) is 20.8 Å². The van der Waals surface area contributed by atoms with Crippen molar-refractivity contribution in [2.75, 3.05) is 0 Å². The standard InChI is InChI=1S/C13H22N4/c1-9-15-16-13(11-7-4-8-12(11)14)17(9)10-5-2-3-6-10/h10-12H,2-8,14H2,1H3. The summed E-state index contributed by atoms with van der Waals surface area (Å²) in [4.78, 5) is 0. The maximum atomic E-state index is 6.21. The van der Waals surface area contributed by atoms with Crippen LogP contribution in [-0.2, 0) is 0 Å². The van der Waals surface area contributed by atoms with Gasteiger partial charge < -0.3 is 10.3 Å². The fourth-order valence-electron chi connectivity index (χ4n) is 3.56. The molecule has 1 aromatic heterocycles. The first-order valence-corrected chi connectivity index (χ1v) is 6.94. The van der Waals surface area contributed by atoms with Crippen molar-refractivity contribution in [1.82, 2.24) is 14.8 Å². The van der Waals surface area contributed by atoms with Crippen molar-refractivity contribution in [1.29, 1.82) is 0 Å². The molecule has 3 rings (SSSR count). The molecule has 94 valence electrons. The average molecular weight is 234 g/mol. The summed E-state index contributed by atoms with van der Waals surface area (Å²) in [6.45, 7) is 2.08. The molecule has 2 N–H and O–H groups in total. The minimum Gasteiger partial charge on any atom is -0.327 e. The summed E-state index contributed by atoms with van der Waals surface area (Å²) in [6, 6.07) is 0.923. The van der Waals surface area contributed by atoms with Crippen molar-refractivity contribution in [2.24, 2.45) is 5.73 Å². The van der Waals surface area contributed by atoms with E-state index in [2.05, 4.69) is 21.7 Å². The second-order valence-corrected chi connectivity index (χ2v) is 5.61. The van der Waals surface area contributed by atoms with E-state index in [9.17, 15) is 0 Å². The van der Waals surface area contributed by atoms with Crippen molar-refractivity contribution >= 4 is 0 Å². The van der Waals surface area contributed by atoms with E-state index in [0.29, 0.717) is 18.0 Å². The molecule has 1 aromatic rings. The van der Waals surface area contributed by atoms with E-state index in [1.807, 2.05) is 0 Å². The zero-order valence-electron chi connectivity index (χ0n) is 10.6. The van der Waals surface area contributed by atoms with Crippen LogP contribution in [0.3, 0.4) is 0 Å². The molecule has 0 amide bonds. The van der Waals surface area contributed by atoms with E-state index in [4.69, 9.17) is 5.73 Å². The topological polar surface area (TPSA) is 56.7 Å². The zero-order valence-corrected chi connectivity index (χ0v) is 10.6. The molecule has 0 saturated heterocycles. The third kappa shape index (κ3) is 1.88. The summed E-state index contributed by atoms with van der Waals surface area (Å²) in [7, 11) is 0. The molecular formula is C13H22N4. The summed E-state index contributed by atoms with van der Waals surface area (Å²) >= 11 is 0. The Hall–Kier alpha value is -0.900. The molecule has 4 heteroatoms. The number of hydrogen-bond donors (Lipinski definition) is 1. The summed E-state index contributed by atoms with van der Waals surface area (Å²) in [5, 5.41) is 8.72. The van der Waals surface area contributed by atoms with E-state index >= 15 is 0 Å². The lowest BCUT2D eigenvalue weighted by molar-refractivity contribution is 0.453. The van der Waals surface area contributed by atoms with Crippen LogP contribution in [0.2, 0.25) is 0 Å². The molecule has 0 radical (unpaired) electrons. The van der Waals surface area contributed by atoms with Crippen LogP contribution in [0.5, 0.6) is 0 Å². The van der Waals surface area contributed by atoms with Crippen LogP contribution in [0.15, 0.2) is 0 Å². The van der Waals surface area contributed by atoms with Crippen molar-refractivity contribution in [3.63, 3.8) is 0 Å². The summed E-state index contributed by atoms with van der Waals surface area (Å²) in [5.74, 6) is 2.68. The van der Waals surface area contributed by atoms with Crippen LogP contribution in [0.25, 0.3) is 0 Å². The lowest BCUT2D eigenvalue weighted by Crippen LogP contribution is -2.26. The van der Waals surface area contributed by atoms with E-state index in [1.165, 1.54) is 44.3 Å². The Kier molecular flexibility index (Phi) is 2.90. The quantitative estimate of drug-likeness (QED) is 0.854. The molecule has 2 unspecified atom stereocenters. The molecule has 0 spiro atoms. The van der Waals surface area contributed by atoms with Crippen LogP contribution < -0.4 is 5.73 Å². The van der Waals surface area contributed by atoms with Crippen LogP contribution >= 0.6 is 0 Å². The largest absolute Gasteiger partial charge is 0.327 e. The van der Waals surface area contributed by atoms with Crippen molar-refractivity contribution < 1.29 is 0 Å². The Morgan fingerprint density at radius 2 is 1.82 bits per heavy atom. The first-order chi connectivity index (χ1) is 8.27. The molecule has 0 bridgehead atoms. The van der Waals surface area contributed by atoms with Gasteiger partial charge in [0.05, 0.1) is 0 Å². The van der Waals surface area contributed by atoms with Gasteiger partial charge in [0.1, 0.15) is 11.6 Å². The predicted octanol–water partition coefficient (Wildman–Crippen LogP) is 2.30. The molecular weight excluding hydrogens is 212 g/mol. The second kappa shape index (κ2) is 4.41. The molecule has 2 aliphatic carbocycles. The molecule has 1 heterocycles. The van der Waals surface area contributed by atoms with Gasteiger partial charge in [0.2, 0.25) is 0 Å². The number of rotatable bonds is 2. The predicted molar refractivity (Wildman–Crippen MR) is 66.8 cm³/mol. The van der Waals surface area contributed by atoms with Crippen LogP contribution in [0.1, 0.15) is 68.6 Å². The van der Waals surface area contributed by atoms with Gasteiger partial charge in [-0.25, -0.2) is 0 Å². The third-order valence-electron chi connectivity index (χ3n) is 4.48. The highest BCUT2D eigenvalue weighted by atomic mass is 15.3. The van der Waals surface area contributed by atoms with Crippen molar-refractivity contribution in [2.45, 2.75) is 69.9 Å². The molecule has 0 aromatic carbocycles. The second-order valence-electron chi connectivity index (χ2n) is 5.61. The van der Waals surface area contributed by atoms with Gasteiger partial charge in [0, 0.05) is 18.0 Å². The molecule has 4 nitrogen and oxygen atoms in total. The Morgan fingerprint density at radius 3 is 2.47 bits per heavy atom. The number of nitrogens with two attached hydrogens (primary N) is 1. The monoisotopic (exact) mass is 234 g/mol. The van der Waals surface area contributed by atoms with Crippen LogP contribution in [0, 0.1) is 6.92 Å². The number of aromatic nitrogens is 3. The zero-order chi connectivity index (χ0) is 11.8. The van der Waals surface area contributed by atoms with Gasteiger partial charge in [-0.05, 0) is 32.6 Å². The first-order valence-electron chi connectivity index (χ1n) is 6.94. The SMILES string of the molecule is Cc1nnc(C2CCCC2N)n1C1CCCC1. The van der Waals surface area contributed by atoms with Gasteiger partial charge in [-0.15, -0.1) is 10.2 Å². The number of hydrogen-bond acceptors (Lipinski definition) is 3. The molecule has 2 atom stereocenters. The van der Waals surface area contributed by atoms with E-state index in [1.54, 1.807) is 0 Å². The maximum Gasteiger partial charge on any atom is 0.137 e. The Labute approximate surface area is 103 Å². The maximum absolute atomic E-state index is 6.21. The molecule has 2 saturated carbocycles. The highest BCUT2D eigenvalue weighted by molar-refractivity contribution is 5.09. The van der Waals surface area contributed by atoms with Gasteiger partial charge in [-0.1, -0.05) is 19.3 Å². The van der Waals surface area contributed by atoms with E-state index in [-0.39, 0.29) is 0 Å². The van der Waals surface area contributed by atoms with E-state index < -0.39 is 0 Å². The third-order valence-corrected chi connectivity index (χ3v) is 4.48. The van der Waals surface area contributed by atoms with Gasteiger partial charge in [-0.2, -0.15) is 0 Å². The number of nitrogens with zero attached hydrogens (tertiary/aromatic N) is 3. The number of aryl methyl sites for hydroxylation is 1. The highest BCUT2D eigenvalue weighted by Crippen LogP contribution is 2.37. The first kappa shape index (κ1) is 11.2. The highest BCUT2D eigenvalue weighted by Gasteiger charge is 2.32. The minimum atomic E-state index is 0.291. The molecule has 0 aliphatic heterocycles.